The van der Waals surface area contributed by atoms with Crippen molar-refractivity contribution < 1.29 is 27.5 Å². The van der Waals surface area contributed by atoms with Gasteiger partial charge >= 0.3 is 6.18 Å². The summed E-state index contributed by atoms with van der Waals surface area (Å²) in [6.45, 7) is 1.78. The fourth-order valence-electron chi connectivity index (χ4n) is 4.31. The largest absolute Gasteiger partial charge is 0.507 e. The number of nitrogen functional groups attached to an aromatic ring is 1. The molecule has 0 atom stereocenters. The SMILES string of the molecule is Cc1ccc(C(=O)Nc2cccc(C(F)(F)F)c2)cc1-c1cc2cnc(N)nc2c(-c2ccc(F)cc2)c1O. The Hall–Kier alpha value is -4.99. The minimum atomic E-state index is -4.55. The van der Waals surface area contributed by atoms with E-state index < -0.39 is 23.5 Å². The maximum atomic E-state index is 13.6. The maximum Gasteiger partial charge on any atom is 0.416 e. The standard InChI is InChI=1S/C29H20F4N4O2/c1-15-5-6-17(27(39)36-21-4-2-3-19(13-21)29(31,32)33)11-22(15)23-12-18-14-35-28(34)37-25(18)24(26(23)38)16-7-9-20(30)10-8-16/h2-14,38H,1H3,(H,36,39)(H2,34,35,37). The summed E-state index contributed by atoms with van der Waals surface area (Å²) >= 11 is 0. The normalized spacial score (nSPS) is 11.5. The molecule has 6 nitrogen and oxygen atoms in total. The highest BCUT2D eigenvalue weighted by Crippen LogP contribution is 2.44. The van der Waals surface area contributed by atoms with Gasteiger partial charge in [0.05, 0.1) is 16.6 Å². The number of aryl methyl sites for hydroxylation is 1. The van der Waals surface area contributed by atoms with Gasteiger partial charge in [-0.3, -0.25) is 4.79 Å². The lowest BCUT2D eigenvalue weighted by Crippen LogP contribution is -2.13. The molecule has 4 N–H and O–H groups in total. The number of aromatic nitrogens is 2. The summed E-state index contributed by atoms with van der Waals surface area (Å²) in [7, 11) is 0. The van der Waals surface area contributed by atoms with Crippen molar-refractivity contribution in [2.45, 2.75) is 13.1 Å². The number of anilines is 2. The third-order valence-corrected chi connectivity index (χ3v) is 6.23. The first kappa shape index (κ1) is 25.7. The van der Waals surface area contributed by atoms with E-state index in [0.717, 1.165) is 12.1 Å². The smallest absolute Gasteiger partial charge is 0.416 e. The van der Waals surface area contributed by atoms with Crippen LogP contribution in [0.5, 0.6) is 5.75 Å². The number of nitrogens with two attached hydrogens (primary N) is 1. The first-order chi connectivity index (χ1) is 18.5. The van der Waals surface area contributed by atoms with Gasteiger partial charge in [0.15, 0.2) is 0 Å². The summed E-state index contributed by atoms with van der Waals surface area (Å²) in [4.78, 5) is 21.3. The molecule has 10 heteroatoms. The Morgan fingerprint density at radius 3 is 2.44 bits per heavy atom. The van der Waals surface area contributed by atoms with E-state index in [1.54, 1.807) is 19.1 Å². The van der Waals surface area contributed by atoms with E-state index in [1.807, 2.05) is 0 Å². The van der Waals surface area contributed by atoms with Crippen LogP contribution in [0, 0.1) is 12.7 Å². The van der Waals surface area contributed by atoms with Crippen LogP contribution in [0.4, 0.5) is 29.2 Å². The summed E-state index contributed by atoms with van der Waals surface area (Å²) in [6.07, 6.45) is -3.06. The van der Waals surface area contributed by atoms with Crippen molar-refractivity contribution in [1.29, 1.82) is 0 Å². The molecule has 0 spiro atoms. The van der Waals surface area contributed by atoms with E-state index in [2.05, 4.69) is 15.3 Å². The molecule has 5 aromatic rings. The predicted octanol–water partition coefficient (Wildman–Crippen LogP) is 6.97. The molecule has 196 valence electrons. The predicted molar refractivity (Wildman–Crippen MR) is 141 cm³/mol. The average Bonchev–Trinajstić information content (AvgIpc) is 2.89. The quantitative estimate of drug-likeness (QED) is 0.217. The number of rotatable bonds is 4. The Morgan fingerprint density at radius 1 is 0.974 bits per heavy atom. The minimum absolute atomic E-state index is 0.0116. The highest BCUT2D eigenvalue weighted by molar-refractivity contribution is 6.06. The molecule has 0 aliphatic rings. The number of aromatic hydroxyl groups is 1. The number of nitrogens with zero attached hydrogens (tertiary/aromatic N) is 2. The van der Waals surface area contributed by atoms with Gasteiger partial charge in [-0.2, -0.15) is 13.2 Å². The average molecular weight is 532 g/mol. The first-order valence-corrected chi connectivity index (χ1v) is 11.6. The van der Waals surface area contributed by atoms with E-state index >= 15 is 0 Å². The molecular formula is C29H20F4N4O2. The van der Waals surface area contributed by atoms with Gasteiger partial charge in [0.2, 0.25) is 5.95 Å². The van der Waals surface area contributed by atoms with Gasteiger partial charge in [0.1, 0.15) is 11.6 Å². The number of amides is 1. The second-order valence-electron chi connectivity index (χ2n) is 8.88. The molecule has 1 amide bonds. The van der Waals surface area contributed by atoms with Gasteiger partial charge in [0, 0.05) is 28.4 Å². The molecule has 0 saturated carbocycles. The van der Waals surface area contributed by atoms with E-state index in [9.17, 15) is 27.5 Å². The lowest BCUT2D eigenvalue weighted by atomic mass is 9.91. The van der Waals surface area contributed by atoms with Crippen LogP contribution in [0.3, 0.4) is 0 Å². The topological polar surface area (TPSA) is 101 Å². The van der Waals surface area contributed by atoms with Crippen LogP contribution >= 0.6 is 0 Å². The Morgan fingerprint density at radius 2 is 1.72 bits per heavy atom. The van der Waals surface area contributed by atoms with Crippen molar-refractivity contribution in [2.75, 3.05) is 11.1 Å². The number of nitrogens with one attached hydrogen (secondary N) is 1. The zero-order chi connectivity index (χ0) is 27.9. The molecule has 39 heavy (non-hydrogen) atoms. The number of phenols is 1. The third kappa shape index (κ3) is 5.08. The number of fused-ring (bicyclic) bond motifs is 1. The number of benzene rings is 4. The summed E-state index contributed by atoms with van der Waals surface area (Å²) < 4.78 is 52.9. The van der Waals surface area contributed by atoms with Crippen LogP contribution in [-0.4, -0.2) is 21.0 Å². The van der Waals surface area contributed by atoms with Gasteiger partial charge in [-0.25, -0.2) is 14.4 Å². The number of halogens is 4. The van der Waals surface area contributed by atoms with E-state index in [0.29, 0.717) is 38.7 Å². The molecule has 0 bridgehead atoms. The molecule has 0 radical (unpaired) electrons. The number of phenolic OH excluding ortho intramolecular Hbond substituents is 1. The number of carbonyl (C=O) groups excluding carboxylic acids is 1. The van der Waals surface area contributed by atoms with Crippen molar-refractivity contribution in [3.63, 3.8) is 0 Å². The molecule has 5 rings (SSSR count). The van der Waals surface area contributed by atoms with Crippen LogP contribution < -0.4 is 11.1 Å². The molecule has 0 unspecified atom stereocenters. The van der Waals surface area contributed by atoms with Gasteiger partial charge in [-0.1, -0.05) is 24.3 Å². The Labute approximate surface area is 219 Å². The van der Waals surface area contributed by atoms with Crippen LogP contribution in [0.25, 0.3) is 33.2 Å². The number of hydrogen-bond donors (Lipinski definition) is 3. The molecule has 1 heterocycles. The number of alkyl halides is 3. The summed E-state index contributed by atoms with van der Waals surface area (Å²) in [6, 6.07) is 16.2. The fourth-order valence-corrected chi connectivity index (χ4v) is 4.31. The molecule has 0 saturated heterocycles. The van der Waals surface area contributed by atoms with Gasteiger partial charge in [0.25, 0.3) is 5.91 Å². The van der Waals surface area contributed by atoms with E-state index in [-0.39, 0.29) is 22.9 Å². The zero-order valence-corrected chi connectivity index (χ0v) is 20.3. The van der Waals surface area contributed by atoms with Crippen LogP contribution in [0.1, 0.15) is 21.5 Å². The third-order valence-electron chi connectivity index (χ3n) is 6.23. The van der Waals surface area contributed by atoms with Crippen molar-refractivity contribution >= 4 is 28.4 Å². The molecule has 0 fully saturated rings. The van der Waals surface area contributed by atoms with Crippen molar-refractivity contribution in [2.24, 2.45) is 0 Å². The molecule has 4 aromatic carbocycles. The highest BCUT2D eigenvalue weighted by Gasteiger charge is 2.30. The zero-order valence-electron chi connectivity index (χ0n) is 20.3. The number of hydrogen-bond acceptors (Lipinski definition) is 5. The fraction of sp³-hybridized carbons (Fsp3) is 0.0690. The summed E-state index contributed by atoms with van der Waals surface area (Å²) in [5.74, 6) is -1.28. The minimum Gasteiger partial charge on any atom is -0.507 e. The van der Waals surface area contributed by atoms with Gasteiger partial charge < -0.3 is 16.2 Å². The van der Waals surface area contributed by atoms with Crippen molar-refractivity contribution in [1.82, 2.24) is 9.97 Å². The first-order valence-electron chi connectivity index (χ1n) is 11.6. The van der Waals surface area contributed by atoms with Crippen molar-refractivity contribution in [3.05, 3.63) is 102 Å². The molecule has 0 aliphatic carbocycles. The second kappa shape index (κ2) is 9.71. The Bertz CT molecular complexity index is 1740. The summed E-state index contributed by atoms with van der Waals surface area (Å²) in [5, 5.41) is 14.5. The van der Waals surface area contributed by atoms with E-state index in [1.165, 1.54) is 54.7 Å². The lowest BCUT2D eigenvalue weighted by molar-refractivity contribution is -0.137. The lowest BCUT2D eigenvalue weighted by Gasteiger charge is -2.16. The monoisotopic (exact) mass is 532 g/mol. The van der Waals surface area contributed by atoms with Crippen LogP contribution in [-0.2, 0) is 6.18 Å². The van der Waals surface area contributed by atoms with Crippen LogP contribution in [0.15, 0.2) is 79.0 Å². The number of carbonyl (C=O) groups is 1. The summed E-state index contributed by atoms with van der Waals surface area (Å²) in [5.41, 5.74) is 7.74. The van der Waals surface area contributed by atoms with Crippen molar-refractivity contribution in [3.8, 4) is 28.0 Å². The highest BCUT2D eigenvalue weighted by atomic mass is 19.4. The molecule has 1 aromatic heterocycles. The maximum absolute atomic E-state index is 13.6. The Kier molecular flexibility index (Phi) is 6.39. The van der Waals surface area contributed by atoms with Crippen LogP contribution in [0.2, 0.25) is 0 Å². The molecular weight excluding hydrogens is 512 g/mol. The van der Waals surface area contributed by atoms with Gasteiger partial charge in [-0.05, 0) is 72.1 Å². The van der Waals surface area contributed by atoms with Gasteiger partial charge in [-0.15, -0.1) is 0 Å². The second-order valence-corrected chi connectivity index (χ2v) is 8.88. The molecule has 0 aliphatic heterocycles. The van der Waals surface area contributed by atoms with E-state index in [4.69, 9.17) is 5.73 Å². The Balaban J connectivity index is 1.61.